The lowest BCUT2D eigenvalue weighted by Crippen LogP contribution is -2.39. The highest BCUT2D eigenvalue weighted by Crippen LogP contribution is 2.38. The Balaban J connectivity index is 1.56. The Morgan fingerprint density at radius 1 is 1.11 bits per heavy atom. The minimum Gasteiger partial charge on any atom is -0.460 e. The molecule has 2 heterocycles. The molecule has 0 atom stereocenters. The van der Waals surface area contributed by atoms with E-state index in [2.05, 4.69) is 4.98 Å². The Kier molecular flexibility index (Phi) is 5.87. The zero-order valence-corrected chi connectivity index (χ0v) is 17.1. The van der Waals surface area contributed by atoms with Gasteiger partial charge in [0.05, 0.1) is 23.4 Å². The van der Waals surface area contributed by atoms with Gasteiger partial charge in [-0.05, 0) is 70.9 Å². The number of carbonyl (C=O) groups is 2. The van der Waals surface area contributed by atoms with E-state index in [1.807, 2.05) is 32.6 Å². The molecular formula is C22H32N2O3. The minimum atomic E-state index is -0.506. The molecule has 0 spiro atoms. The molecule has 2 aliphatic rings. The molecule has 0 unspecified atom stereocenters. The van der Waals surface area contributed by atoms with Crippen LogP contribution in [0.15, 0.2) is 12.1 Å². The third kappa shape index (κ3) is 5.78. The third-order valence-electron chi connectivity index (χ3n) is 5.38. The van der Waals surface area contributed by atoms with Crippen molar-refractivity contribution in [2.75, 3.05) is 13.1 Å². The summed E-state index contributed by atoms with van der Waals surface area (Å²) in [5, 5.41) is 0. The number of aryl methyl sites for hydroxylation is 1. The lowest BCUT2D eigenvalue weighted by atomic mass is 9.91. The van der Waals surface area contributed by atoms with Crippen molar-refractivity contribution in [3.05, 3.63) is 29.1 Å². The van der Waals surface area contributed by atoms with Crippen LogP contribution in [0.5, 0.6) is 0 Å². The molecule has 1 aliphatic carbocycles. The van der Waals surface area contributed by atoms with Gasteiger partial charge in [-0.2, -0.15) is 0 Å². The molecule has 0 radical (unpaired) electrons. The van der Waals surface area contributed by atoms with Gasteiger partial charge in [0.25, 0.3) is 5.91 Å². The van der Waals surface area contributed by atoms with Gasteiger partial charge in [-0.15, -0.1) is 0 Å². The summed E-state index contributed by atoms with van der Waals surface area (Å²) in [6, 6.07) is 3.57. The lowest BCUT2D eigenvalue weighted by Gasteiger charge is -2.32. The van der Waals surface area contributed by atoms with Gasteiger partial charge in [-0.3, -0.25) is 14.6 Å². The minimum absolute atomic E-state index is 0.0636. The fraction of sp³-hybridized carbons (Fsp3) is 0.682. The van der Waals surface area contributed by atoms with Crippen molar-refractivity contribution in [2.24, 2.45) is 11.8 Å². The zero-order valence-electron chi connectivity index (χ0n) is 17.1. The second-order valence-electron chi connectivity index (χ2n) is 9.11. The van der Waals surface area contributed by atoms with E-state index in [9.17, 15) is 9.59 Å². The molecule has 1 aromatic rings. The van der Waals surface area contributed by atoms with E-state index in [4.69, 9.17) is 4.74 Å². The summed E-state index contributed by atoms with van der Waals surface area (Å²) in [7, 11) is 0. The van der Waals surface area contributed by atoms with Gasteiger partial charge in [0.1, 0.15) is 5.60 Å². The molecule has 1 aromatic heterocycles. The number of amides is 1. The van der Waals surface area contributed by atoms with Crippen molar-refractivity contribution in [2.45, 2.75) is 71.8 Å². The van der Waals surface area contributed by atoms with Crippen molar-refractivity contribution in [1.82, 2.24) is 9.88 Å². The molecule has 5 nitrogen and oxygen atoms in total. The van der Waals surface area contributed by atoms with E-state index in [-0.39, 0.29) is 18.3 Å². The molecule has 1 saturated carbocycles. The van der Waals surface area contributed by atoms with Crippen LogP contribution in [0.2, 0.25) is 0 Å². The number of hydrogen-bond donors (Lipinski definition) is 0. The number of piperidine rings is 1. The van der Waals surface area contributed by atoms with Crippen LogP contribution in [0.4, 0.5) is 0 Å². The Bertz CT molecular complexity index is 696. The first-order valence-corrected chi connectivity index (χ1v) is 10.2. The number of ether oxygens (including phenoxy) is 1. The van der Waals surface area contributed by atoms with E-state index >= 15 is 0 Å². The van der Waals surface area contributed by atoms with Crippen LogP contribution in [0.3, 0.4) is 0 Å². The fourth-order valence-electron chi connectivity index (χ4n) is 3.83. The van der Waals surface area contributed by atoms with Gasteiger partial charge >= 0.3 is 5.97 Å². The maximum absolute atomic E-state index is 12.9. The average molecular weight is 373 g/mol. The summed E-state index contributed by atoms with van der Waals surface area (Å²) >= 11 is 0. The molecule has 2 fully saturated rings. The van der Waals surface area contributed by atoms with Gasteiger partial charge in [0, 0.05) is 13.1 Å². The van der Waals surface area contributed by atoms with Gasteiger partial charge in [-0.1, -0.05) is 12.8 Å². The largest absolute Gasteiger partial charge is 0.460 e. The van der Waals surface area contributed by atoms with E-state index in [0.29, 0.717) is 17.0 Å². The molecule has 27 heavy (non-hydrogen) atoms. The monoisotopic (exact) mass is 372 g/mol. The number of pyridine rings is 1. The van der Waals surface area contributed by atoms with Crippen LogP contribution < -0.4 is 0 Å². The smallest absolute Gasteiger partial charge is 0.312 e. The van der Waals surface area contributed by atoms with Crippen LogP contribution in [0.1, 0.15) is 74.6 Å². The number of nitrogens with zero attached hydrogens (tertiary/aromatic N) is 2. The topological polar surface area (TPSA) is 59.5 Å². The molecule has 0 bridgehead atoms. The van der Waals surface area contributed by atoms with Gasteiger partial charge in [0.15, 0.2) is 0 Å². The number of hydrogen-bond acceptors (Lipinski definition) is 4. The highest BCUT2D eigenvalue weighted by atomic mass is 16.6. The van der Waals surface area contributed by atoms with Gasteiger partial charge < -0.3 is 9.64 Å². The Morgan fingerprint density at radius 2 is 1.74 bits per heavy atom. The number of carbonyl (C=O) groups excluding carboxylic acids is 2. The highest BCUT2D eigenvalue weighted by Gasteiger charge is 2.30. The SMILES string of the molecule is Cc1nc(CC(=O)OC(C)(C)C)ccc1C(=O)N1CCC(CC2CC2)CC1. The number of esters is 1. The average Bonchev–Trinajstić information content (AvgIpc) is 3.37. The quantitative estimate of drug-likeness (QED) is 0.735. The maximum atomic E-state index is 12.9. The van der Waals surface area contributed by atoms with Crippen LogP contribution in [0, 0.1) is 18.8 Å². The summed E-state index contributed by atoms with van der Waals surface area (Å²) in [4.78, 5) is 31.3. The van der Waals surface area contributed by atoms with Gasteiger partial charge in [-0.25, -0.2) is 0 Å². The molecule has 1 saturated heterocycles. The first kappa shape index (κ1) is 19.8. The van der Waals surface area contributed by atoms with Gasteiger partial charge in [0.2, 0.25) is 0 Å². The summed E-state index contributed by atoms with van der Waals surface area (Å²) < 4.78 is 5.34. The number of rotatable bonds is 5. The van der Waals surface area contributed by atoms with Crippen LogP contribution >= 0.6 is 0 Å². The Hall–Kier alpha value is -1.91. The second-order valence-corrected chi connectivity index (χ2v) is 9.11. The number of likely N-dealkylation sites (tertiary alicyclic amines) is 1. The molecule has 1 aliphatic heterocycles. The fourth-order valence-corrected chi connectivity index (χ4v) is 3.83. The second kappa shape index (κ2) is 7.99. The third-order valence-corrected chi connectivity index (χ3v) is 5.38. The zero-order chi connectivity index (χ0) is 19.6. The van der Waals surface area contributed by atoms with E-state index in [1.54, 1.807) is 12.1 Å². The van der Waals surface area contributed by atoms with E-state index in [1.165, 1.54) is 19.3 Å². The Labute approximate surface area is 162 Å². The van der Waals surface area contributed by atoms with Crippen molar-refractivity contribution < 1.29 is 14.3 Å². The van der Waals surface area contributed by atoms with Crippen molar-refractivity contribution in [3.8, 4) is 0 Å². The molecule has 0 aromatic carbocycles. The summed E-state index contributed by atoms with van der Waals surface area (Å²) in [5.41, 5.74) is 1.46. The molecule has 5 heteroatoms. The molecule has 148 valence electrons. The Morgan fingerprint density at radius 3 is 2.30 bits per heavy atom. The van der Waals surface area contributed by atoms with Crippen LogP contribution in [-0.2, 0) is 16.0 Å². The predicted octanol–water partition coefficient (Wildman–Crippen LogP) is 3.93. The normalized spacial score (nSPS) is 18.4. The van der Waals surface area contributed by atoms with Crippen LogP contribution in [0.25, 0.3) is 0 Å². The number of aromatic nitrogens is 1. The maximum Gasteiger partial charge on any atom is 0.312 e. The summed E-state index contributed by atoms with van der Waals surface area (Å²) in [6.45, 7) is 9.06. The van der Waals surface area contributed by atoms with E-state index < -0.39 is 5.60 Å². The molecule has 3 rings (SSSR count). The highest BCUT2D eigenvalue weighted by molar-refractivity contribution is 5.95. The van der Waals surface area contributed by atoms with Crippen molar-refractivity contribution in [1.29, 1.82) is 0 Å². The van der Waals surface area contributed by atoms with Crippen molar-refractivity contribution in [3.63, 3.8) is 0 Å². The van der Waals surface area contributed by atoms with Crippen LogP contribution in [-0.4, -0.2) is 40.5 Å². The standard InChI is InChI=1S/C22H32N2O3/c1-15-19(8-7-18(23-15)14-20(25)27-22(2,3)4)21(26)24-11-9-17(10-12-24)13-16-5-6-16/h7-8,16-17H,5-6,9-14H2,1-4H3. The molecular weight excluding hydrogens is 340 g/mol. The predicted molar refractivity (Wildman–Crippen MR) is 104 cm³/mol. The summed E-state index contributed by atoms with van der Waals surface area (Å²) in [6.07, 6.45) is 6.51. The first-order valence-electron chi connectivity index (χ1n) is 10.2. The van der Waals surface area contributed by atoms with E-state index in [0.717, 1.165) is 37.8 Å². The summed E-state index contributed by atoms with van der Waals surface area (Å²) in [5.74, 6) is 1.51. The first-order chi connectivity index (χ1) is 12.7. The molecule has 1 amide bonds. The lowest BCUT2D eigenvalue weighted by molar-refractivity contribution is -0.154. The van der Waals surface area contributed by atoms with Crippen molar-refractivity contribution >= 4 is 11.9 Å². The molecule has 0 N–H and O–H groups in total.